The lowest BCUT2D eigenvalue weighted by Crippen LogP contribution is -2.49. The molecule has 0 amide bonds. The smallest absolute Gasteiger partial charge is 0.177 e. The number of nitrogens with zero attached hydrogens (tertiary/aromatic N) is 6. The quantitative estimate of drug-likeness (QED) is 0.691. The normalized spacial score (nSPS) is 22.9. The maximum Gasteiger partial charge on any atom is 0.177 e. The fourth-order valence-electron chi connectivity index (χ4n) is 4.40. The summed E-state index contributed by atoms with van der Waals surface area (Å²) in [5.41, 5.74) is 0.786. The molecule has 27 heavy (non-hydrogen) atoms. The van der Waals surface area contributed by atoms with Crippen LogP contribution in [-0.4, -0.2) is 63.5 Å². The van der Waals surface area contributed by atoms with E-state index in [1.807, 2.05) is 36.4 Å². The second-order valence-electron chi connectivity index (χ2n) is 7.37. The Bertz CT molecular complexity index is 898. The van der Waals surface area contributed by atoms with E-state index in [-0.39, 0.29) is 0 Å². The summed E-state index contributed by atoms with van der Waals surface area (Å²) >= 11 is 0. The number of hydrogen-bond acceptors (Lipinski definition) is 6. The number of likely N-dealkylation sites (tertiary alicyclic amines) is 1. The number of aromatic nitrogens is 4. The van der Waals surface area contributed by atoms with Crippen molar-refractivity contribution in [3.05, 3.63) is 48.8 Å². The Labute approximate surface area is 158 Å². The second kappa shape index (κ2) is 7.15. The molecule has 2 aliphatic rings. The summed E-state index contributed by atoms with van der Waals surface area (Å²) in [6.45, 7) is 4.96. The summed E-state index contributed by atoms with van der Waals surface area (Å²) in [5, 5.41) is 12.6. The molecule has 0 aliphatic carbocycles. The van der Waals surface area contributed by atoms with Gasteiger partial charge in [-0.1, -0.05) is 18.2 Å². The van der Waals surface area contributed by atoms with Crippen LogP contribution in [0.15, 0.2) is 48.8 Å². The maximum absolute atomic E-state index is 5.91. The molecule has 2 aliphatic heterocycles. The van der Waals surface area contributed by atoms with E-state index in [2.05, 4.69) is 31.2 Å². The Morgan fingerprint density at radius 3 is 2.85 bits per heavy atom. The Morgan fingerprint density at radius 1 is 1.04 bits per heavy atom. The van der Waals surface area contributed by atoms with Crippen molar-refractivity contribution in [3.8, 4) is 5.75 Å². The van der Waals surface area contributed by atoms with Crippen molar-refractivity contribution >= 4 is 11.5 Å². The van der Waals surface area contributed by atoms with Gasteiger partial charge in [-0.2, -0.15) is 4.52 Å². The van der Waals surface area contributed by atoms with E-state index in [0.717, 1.165) is 49.4 Å². The topological polar surface area (TPSA) is 58.8 Å². The van der Waals surface area contributed by atoms with Gasteiger partial charge in [0.15, 0.2) is 5.65 Å². The van der Waals surface area contributed by atoms with Gasteiger partial charge in [-0.25, -0.2) is 0 Å². The number of piperidine rings is 1. The van der Waals surface area contributed by atoms with Crippen LogP contribution in [0.5, 0.6) is 5.75 Å². The van der Waals surface area contributed by atoms with Gasteiger partial charge in [-0.15, -0.1) is 15.3 Å². The summed E-state index contributed by atoms with van der Waals surface area (Å²) in [7, 11) is 0. The van der Waals surface area contributed by atoms with E-state index < -0.39 is 0 Å². The van der Waals surface area contributed by atoms with Crippen LogP contribution in [-0.2, 0) is 0 Å². The molecule has 2 aromatic heterocycles. The minimum Gasteiger partial charge on any atom is -0.492 e. The monoisotopic (exact) mass is 364 g/mol. The molecule has 7 nitrogen and oxygen atoms in total. The second-order valence-corrected chi connectivity index (χ2v) is 7.37. The van der Waals surface area contributed by atoms with Crippen LogP contribution in [0.25, 0.3) is 5.65 Å². The van der Waals surface area contributed by atoms with Gasteiger partial charge in [0.2, 0.25) is 0 Å². The molecule has 0 spiro atoms. The summed E-state index contributed by atoms with van der Waals surface area (Å²) in [5.74, 6) is 2.75. The standard InChI is InChI=1S/C20H24N6O/c1-2-4-17(5-3-1)27-13-12-24-10-8-16-9-11-25(14-18(16)24)20-7-6-19-22-21-15-26(19)23-20/h1-7,15-16,18H,8-14H2. The van der Waals surface area contributed by atoms with Crippen molar-refractivity contribution < 1.29 is 4.74 Å². The fraction of sp³-hybridized carbons (Fsp3) is 0.450. The zero-order valence-corrected chi connectivity index (χ0v) is 15.3. The Balaban J connectivity index is 1.23. The summed E-state index contributed by atoms with van der Waals surface area (Å²) in [4.78, 5) is 4.99. The first-order chi connectivity index (χ1) is 13.4. The van der Waals surface area contributed by atoms with Gasteiger partial charge in [0, 0.05) is 25.7 Å². The Hall–Kier alpha value is -2.67. The van der Waals surface area contributed by atoms with Crippen LogP contribution in [0.2, 0.25) is 0 Å². The zero-order valence-electron chi connectivity index (χ0n) is 15.3. The van der Waals surface area contributed by atoms with Crippen LogP contribution >= 0.6 is 0 Å². The number of ether oxygens (including phenoxy) is 1. The van der Waals surface area contributed by atoms with E-state index in [0.29, 0.717) is 6.04 Å². The number of benzene rings is 1. The first-order valence-electron chi connectivity index (χ1n) is 9.71. The first-order valence-corrected chi connectivity index (χ1v) is 9.71. The highest BCUT2D eigenvalue weighted by atomic mass is 16.5. The van der Waals surface area contributed by atoms with Crippen LogP contribution in [0.4, 0.5) is 5.82 Å². The van der Waals surface area contributed by atoms with Crippen LogP contribution < -0.4 is 9.64 Å². The molecule has 3 aromatic rings. The molecular weight excluding hydrogens is 340 g/mol. The fourth-order valence-corrected chi connectivity index (χ4v) is 4.40. The van der Waals surface area contributed by atoms with E-state index in [1.54, 1.807) is 10.8 Å². The molecule has 7 heteroatoms. The molecular formula is C20H24N6O. The third kappa shape index (κ3) is 3.35. The maximum atomic E-state index is 5.91. The Morgan fingerprint density at radius 2 is 1.93 bits per heavy atom. The predicted octanol–water partition coefficient (Wildman–Crippen LogP) is 2.10. The van der Waals surface area contributed by atoms with E-state index in [9.17, 15) is 0 Å². The molecule has 2 fully saturated rings. The molecule has 2 unspecified atom stereocenters. The highest BCUT2D eigenvalue weighted by Gasteiger charge is 2.38. The molecule has 2 saturated heterocycles. The number of anilines is 1. The van der Waals surface area contributed by atoms with Crippen molar-refractivity contribution in [2.24, 2.45) is 5.92 Å². The molecule has 5 rings (SSSR count). The van der Waals surface area contributed by atoms with Crippen LogP contribution in [0.1, 0.15) is 12.8 Å². The molecule has 2 atom stereocenters. The molecule has 0 bridgehead atoms. The third-order valence-corrected chi connectivity index (χ3v) is 5.84. The summed E-state index contributed by atoms with van der Waals surface area (Å²) < 4.78 is 7.67. The van der Waals surface area contributed by atoms with Gasteiger partial charge >= 0.3 is 0 Å². The zero-order chi connectivity index (χ0) is 18.1. The summed E-state index contributed by atoms with van der Waals surface area (Å²) in [6.07, 6.45) is 4.18. The van der Waals surface area contributed by atoms with E-state index in [1.165, 1.54) is 19.4 Å². The van der Waals surface area contributed by atoms with Crippen molar-refractivity contribution in [2.75, 3.05) is 37.7 Å². The minimum atomic E-state index is 0.580. The lowest BCUT2D eigenvalue weighted by molar-refractivity contribution is 0.171. The number of fused-ring (bicyclic) bond motifs is 2. The van der Waals surface area contributed by atoms with Gasteiger partial charge < -0.3 is 9.64 Å². The average Bonchev–Trinajstić information content (AvgIpc) is 3.35. The van der Waals surface area contributed by atoms with Crippen molar-refractivity contribution in [3.63, 3.8) is 0 Å². The van der Waals surface area contributed by atoms with Crippen molar-refractivity contribution in [1.82, 2.24) is 24.7 Å². The molecule has 0 radical (unpaired) electrons. The summed E-state index contributed by atoms with van der Waals surface area (Å²) in [6, 6.07) is 14.7. The Kier molecular flexibility index (Phi) is 4.37. The largest absolute Gasteiger partial charge is 0.492 e. The highest BCUT2D eigenvalue weighted by Crippen LogP contribution is 2.33. The van der Waals surface area contributed by atoms with Crippen LogP contribution in [0.3, 0.4) is 0 Å². The third-order valence-electron chi connectivity index (χ3n) is 5.84. The molecule has 140 valence electrons. The number of rotatable bonds is 5. The molecule has 0 N–H and O–H groups in total. The molecule has 4 heterocycles. The van der Waals surface area contributed by atoms with Gasteiger partial charge in [0.05, 0.1) is 0 Å². The van der Waals surface area contributed by atoms with Gasteiger partial charge in [0.25, 0.3) is 0 Å². The number of hydrogen-bond donors (Lipinski definition) is 0. The van der Waals surface area contributed by atoms with Crippen LogP contribution in [0, 0.1) is 5.92 Å². The minimum absolute atomic E-state index is 0.580. The lowest BCUT2D eigenvalue weighted by atomic mass is 9.92. The highest BCUT2D eigenvalue weighted by molar-refractivity contribution is 5.45. The molecule has 0 saturated carbocycles. The molecule has 1 aromatic carbocycles. The van der Waals surface area contributed by atoms with Gasteiger partial charge in [-0.05, 0) is 49.6 Å². The SMILES string of the molecule is c1ccc(OCCN2CCC3CCN(c4ccc5nncn5n4)CC32)cc1. The average molecular weight is 364 g/mol. The van der Waals surface area contributed by atoms with Crippen molar-refractivity contribution in [1.29, 1.82) is 0 Å². The van der Waals surface area contributed by atoms with Crippen molar-refractivity contribution in [2.45, 2.75) is 18.9 Å². The van der Waals surface area contributed by atoms with E-state index in [4.69, 9.17) is 4.74 Å². The van der Waals surface area contributed by atoms with E-state index >= 15 is 0 Å². The number of para-hydroxylation sites is 1. The lowest BCUT2D eigenvalue weighted by Gasteiger charge is -2.39. The first kappa shape index (κ1) is 16.5. The van der Waals surface area contributed by atoms with Gasteiger partial charge in [-0.3, -0.25) is 4.90 Å². The van der Waals surface area contributed by atoms with Gasteiger partial charge in [0.1, 0.15) is 24.5 Å². The predicted molar refractivity (Wildman–Crippen MR) is 103 cm³/mol.